The van der Waals surface area contributed by atoms with E-state index in [9.17, 15) is 23.2 Å². The van der Waals surface area contributed by atoms with Gasteiger partial charge in [0, 0.05) is 12.6 Å². The number of fused-ring (bicyclic) bond motifs is 1. The lowest BCUT2D eigenvalue weighted by atomic mass is 9.96. The molecule has 1 saturated heterocycles. The molecule has 0 aromatic heterocycles. The molecule has 0 spiro atoms. The van der Waals surface area contributed by atoms with E-state index in [2.05, 4.69) is 5.32 Å². The van der Waals surface area contributed by atoms with Gasteiger partial charge >= 0.3 is 5.97 Å². The molecule has 1 unspecified atom stereocenters. The van der Waals surface area contributed by atoms with Crippen molar-refractivity contribution >= 4 is 29.5 Å². The van der Waals surface area contributed by atoms with Gasteiger partial charge < -0.3 is 19.5 Å². The molecule has 0 bridgehead atoms. The number of thioether (sulfide) groups is 1. The zero-order valence-corrected chi connectivity index (χ0v) is 25.1. The van der Waals surface area contributed by atoms with Crippen molar-refractivity contribution in [3.63, 3.8) is 0 Å². The van der Waals surface area contributed by atoms with Gasteiger partial charge in [-0.15, -0.1) is 11.8 Å². The van der Waals surface area contributed by atoms with E-state index in [0.717, 1.165) is 12.1 Å². The van der Waals surface area contributed by atoms with Crippen LogP contribution in [0.25, 0.3) is 0 Å². The summed E-state index contributed by atoms with van der Waals surface area (Å²) < 4.78 is 45.6. The Labute approximate surface area is 268 Å². The number of para-hydroxylation sites is 1. The summed E-state index contributed by atoms with van der Waals surface area (Å²) in [6.45, 7) is -0.211. The predicted molar refractivity (Wildman–Crippen MR) is 166 cm³/mol. The van der Waals surface area contributed by atoms with Crippen LogP contribution in [-0.4, -0.2) is 47.0 Å². The second-order valence-corrected chi connectivity index (χ2v) is 11.6. The molecule has 2 aliphatic heterocycles. The quantitative estimate of drug-likeness (QED) is 0.168. The highest BCUT2D eigenvalue weighted by molar-refractivity contribution is 8.00. The summed E-state index contributed by atoms with van der Waals surface area (Å²) >= 11 is 1.29. The zero-order chi connectivity index (χ0) is 32.0. The van der Waals surface area contributed by atoms with Crippen molar-refractivity contribution in [3.05, 3.63) is 143 Å². The van der Waals surface area contributed by atoms with Gasteiger partial charge in [-0.25, -0.2) is 13.6 Å². The minimum Gasteiger partial charge on any atom is -0.484 e. The van der Waals surface area contributed by atoms with E-state index < -0.39 is 46.8 Å². The molecule has 0 radical (unpaired) electrons. The Morgan fingerprint density at radius 1 is 0.891 bits per heavy atom. The molecule has 1 fully saturated rings. The van der Waals surface area contributed by atoms with E-state index in [-0.39, 0.29) is 36.1 Å². The Morgan fingerprint density at radius 3 is 2.15 bits per heavy atom. The van der Waals surface area contributed by atoms with Crippen molar-refractivity contribution in [2.45, 2.75) is 11.5 Å². The number of hydrogen-bond acceptors (Lipinski definition) is 7. The van der Waals surface area contributed by atoms with E-state index in [4.69, 9.17) is 14.2 Å². The Bertz CT molecular complexity index is 1720. The molecule has 2 atom stereocenters. The second kappa shape index (κ2) is 13.9. The van der Waals surface area contributed by atoms with E-state index >= 15 is 0 Å². The lowest BCUT2D eigenvalue weighted by Crippen LogP contribution is -2.64. The van der Waals surface area contributed by atoms with Gasteiger partial charge in [0.2, 0.25) is 5.91 Å². The molecule has 8 nitrogen and oxygen atoms in total. The van der Waals surface area contributed by atoms with Crippen LogP contribution in [-0.2, 0) is 19.1 Å². The zero-order valence-electron chi connectivity index (χ0n) is 24.3. The van der Waals surface area contributed by atoms with Crippen molar-refractivity contribution in [1.29, 1.82) is 0 Å². The maximum Gasteiger partial charge on any atom is 0.359 e. The molecule has 0 aliphatic carbocycles. The van der Waals surface area contributed by atoms with E-state index in [1.165, 1.54) is 16.7 Å². The normalized spacial score (nSPS) is 17.2. The first-order chi connectivity index (χ1) is 22.4. The fraction of sp³-hybridized carbons (Fsp3) is 0.171. The Morgan fingerprint density at radius 2 is 1.52 bits per heavy atom. The average Bonchev–Trinajstić information content (AvgIpc) is 3.08. The van der Waals surface area contributed by atoms with Gasteiger partial charge in [-0.3, -0.25) is 14.5 Å². The molecule has 1 N–H and O–H groups in total. The first-order valence-electron chi connectivity index (χ1n) is 14.4. The number of β-lactam (4-membered cyclic amide) rings is 1. The maximum absolute atomic E-state index is 14.6. The molecule has 234 valence electrons. The molecular formula is C35H28F2N2O6S. The summed E-state index contributed by atoms with van der Waals surface area (Å²) in [4.78, 5) is 41.3. The Kier molecular flexibility index (Phi) is 9.30. The largest absolute Gasteiger partial charge is 0.484 e. The third kappa shape index (κ3) is 6.74. The molecule has 2 amide bonds. The number of rotatable bonds is 11. The van der Waals surface area contributed by atoms with E-state index in [0.29, 0.717) is 22.9 Å². The number of esters is 1. The number of amides is 2. The second-order valence-electron chi connectivity index (χ2n) is 10.5. The number of hydrogen-bond donors (Lipinski definition) is 1. The van der Waals surface area contributed by atoms with Crippen molar-refractivity contribution in [2.24, 2.45) is 5.92 Å². The van der Waals surface area contributed by atoms with E-state index in [1.807, 2.05) is 66.7 Å². The van der Waals surface area contributed by atoms with Crippen LogP contribution in [0.2, 0.25) is 0 Å². The Hall–Kier alpha value is -5.16. The fourth-order valence-electron chi connectivity index (χ4n) is 5.17. The lowest BCUT2D eigenvalue weighted by Gasteiger charge is -2.49. The van der Waals surface area contributed by atoms with Crippen LogP contribution in [0, 0.1) is 17.6 Å². The van der Waals surface area contributed by atoms with Crippen LogP contribution in [0.1, 0.15) is 17.2 Å². The molecule has 2 aliphatic rings. The van der Waals surface area contributed by atoms with Crippen LogP contribution >= 0.6 is 11.8 Å². The van der Waals surface area contributed by atoms with Crippen molar-refractivity contribution in [3.8, 4) is 11.5 Å². The lowest BCUT2D eigenvalue weighted by molar-refractivity contribution is -0.156. The average molecular weight is 643 g/mol. The number of nitrogens with zero attached hydrogens (tertiary/aromatic N) is 1. The highest BCUT2D eigenvalue weighted by atomic mass is 32.2. The minimum atomic E-state index is -0.966. The summed E-state index contributed by atoms with van der Waals surface area (Å²) in [6, 6.07) is 29.9. The predicted octanol–water partition coefficient (Wildman–Crippen LogP) is 5.61. The molecular weight excluding hydrogens is 614 g/mol. The van der Waals surface area contributed by atoms with Crippen molar-refractivity contribution in [1.82, 2.24) is 10.2 Å². The van der Waals surface area contributed by atoms with Gasteiger partial charge in [-0.05, 0) is 35.4 Å². The van der Waals surface area contributed by atoms with E-state index in [1.54, 1.807) is 24.3 Å². The number of carbonyl (C=O) groups excluding carboxylic acids is 3. The third-order valence-corrected chi connectivity index (χ3v) is 8.74. The molecule has 46 heavy (non-hydrogen) atoms. The molecule has 4 aromatic carbocycles. The monoisotopic (exact) mass is 642 g/mol. The number of carbonyl (C=O) groups is 3. The third-order valence-electron chi connectivity index (χ3n) is 7.43. The topological polar surface area (TPSA) is 94.2 Å². The smallest absolute Gasteiger partial charge is 0.359 e. The Balaban J connectivity index is 1.24. The first kappa shape index (κ1) is 30.8. The number of ether oxygens (including phenoxy) is 3. The van der Waals surface area contributed by atoms with Crippen LogP contribution in [0.4, 0.5) is 8.78 Å². The van der Waals surface area contributed by atoms with Gasteiger partial charge in [0.25, 0.3) is 5.91 Å². The first-order valence-corrected chi connectivity index (χ1v) is 15.5. The summed E-state index contributed by atoms with van der Waals surface area (Å²) in [6.07, 6.45) is -0.824. The molecule has 6 rings (SSSR count). The van der Waals surface area contributed by atoms with Gasteiger partial charge in [0.15, 0.2) is 30.0 Å². The van der Waals surface area contributed by atoms with Gasteiger partial charge in [-0.1, -0.05) is 78.9 Å². The molecule has 0 saturated carbocycles. The van der Waals surface area contributed by atoms with Gasteiger partial charge in [0.05, 0.1) is 17.0 Å². The summed E-state index contributed by atoms with van der Waals surface area (Å²) in [5.74, 6) is -3.80. The van der Waals surface area contributed by atoms with Gasteiger partial charge in [-0.2, -0.15) is 0 Å². The molecule has 11 heteroatoms. The number of benzene rings is 4. The van der Waals surface area contributed by atoms with Crippen molar-refractivity contribution < 1.29 is 37.4 Å². The minimum absolute atomic E-state index is 0.0104. The highest BCUT2D eigenvalue weighted by Crippen LogP contribution is 2.45. The summed E-state index contributed by atoms with van der Waals surface area (Å²) in [7, 11) is 0. The van der Waals surface area contributed by atoms with Crippen LogP contribution in [0.15, 0.2) is 121 Å². The van der Waals surface area contributed by atoms with Crippen LogP contribution in [0.5, 0.6) is 11.5 Å². The number of halogens is 2. The van der Waals surface area contributed by atoms with Crippen molar-refractivity contribution in [2.75, 3.05) is 18.9 Å². The highest BCUT2D eigenvalue weighted by Gasteiger charge is 2.54. The van der Waals surface area contributed by atoms with Gasteiger partial charge in [0.1, 0.15) is 17.3 Å². The summed E-state index contributed by atoms with van der Waals surface area (Å²) in [5, 5.41) is 2.20. The van der Waals surface area contributed by atoms with Crippen LogP contribution < -0.4 is 14.8 Å². The molecule has 4 aromatic rings. The maximum atomic E-state index is 14.6. The van der Waals surface area contributed by atoms with Crippen LogP contribution in [0.3, 0.4) is 0 Å². The summed E-state index contributed by atoms with van der Waals surface area (Å²) in [5.41, 5.74) is 1.22. The molecule has 2 heterocycles. The SMILES string of the molecule is O=C(COc1ccccc1)NCC1C(=O)N2C(C(=O)OC(c3ccccc3)c3ccccc3)=C(Oc3ccc(F)cc3F)CS[C@H]12. The standard InChI is InChI=1S/C35H28F2N2O6S/c36-24-16-17-28(27(37)18-24)44-29-21-46-34-26(19-38-30(40)20-43-25-14-8-3-9-15-25)33(41)39(34)31(29)35(42)45-32(22-10-4-1-5-11-22)23-12-6-2-7-13-23/h1-18,26,32,34H,19-21H2,(H,38,40)/t26?,34-/m1/s1. The number of nitrogens with one attached hydrogen (secondary N) is 1. The fourth-order valence-corrected chi connectivity index (χ4v) is 6.49.